The Bertz CT molecular complexity index is 221. The maximum atomic E-state index is 10.5. The highest BCUT2D eigenvalue weighted by atomic mass is 32.1. The molecular formula is C7H14N4OS. The molecule has 0 bridgehead atoms. The average Bonchev–Trinajstić information content (AvgIpc) is 2.50. The van der Waals surface area contributed by atoms with E-state index in [0.717, 1.165) is 19.5 Å². The molecule has 1 atom stereocenters. The van der Waals surface area contributed by atoms with Crippen LogP contribution in [0, 0.1) is 0 Å². The number of hydrogen-bond donors (Lipinski definition) is 3. The number of hydrogen-bond acceptors (Lipinski definition) is 2. The number of urea groups is 1. The van der Waals surface area contributed by atoms with E-state index in [4.69, 9.17) is 18.0 Å². The van der Waals surface area contributed by atoms with E-state index in [9.17, 15) is 4.79 Å². The first kappa shape index (κ1) is 10.0. The molecule has 0 aromatic heterocycles. The number of nitrogens with two attached hydrogens (primary N) is 1. The van der Waals surface area contributed by atoms with Crippen molar-refractivity contribution in [2.24, 2.45) is 5.73 Å². The third-order valence-corrected chi connectivity index (χ3v) is 2.50. The van der Waals surface area contributed by atoms with Crippen LogP contribution in [0.2, 0.25) is 0 Å². The van der Waals surface area contributed by atoms with Crippen molar-refractivity contribution in [2.45, 2.75) is 12.5 Å². The highest BCUT2D eigenvalue weighted by Gasteiger charge is 2.24. The molecule has 13 heavy (non-hydrogen) atoms. The summed E-state index contributed by atoms with van der Waals surface area (Å²) in [6, 6.07) is -0.342. The van der Waals surface area contributed by atoms with Gasteiger partial charge in [0.2, 0.25) is 0 Å². The molecule has 1 aliphatic heterocycles. The van der Waals surface area contributed by atoms with E-state index in [-0.39, 0.29) is 6.04 Å². The maximum absolute atomic E-state index is 10.5. The van der Waals surface area contributed by atoms with Crippen LogP contribution in [0.1, 0.15) is 6.42 Å². The molecule has 2 amide bonds. The van der Waals surface area contributed by atoms with Crippen LogP contribution in [0.4, 0.5) is 4.79 Å². The van der Waals surface area contributed by atoms with Crippen LogP contribution in [-0.2, 0) is 0 Å². The molecule has 1 rings (SSSR count). The molecule has 1 heterocycles. The second-order valence-corrected chi connectivity index (χ2v) is 3.38. The fourth-order valence-corrected chi connectivity index (χ4v) is 1.59. The van der Waals surface area contributed by atoms with E-state index < -0.39 is 6.03 Å². The summed E-state index contributed by atoms with van der Waals surface area (Å²) in [7, 11) is 1.79. The van der Waals surface area contributed by atoms with Gasteiger partial charge in [0.1, 0.15) is 0 Å². The summed E-state index contributed by atoms with van der Waals surface area (Å²) in [5, 5.41) is 6.27. The van der Waals surface area contributed by atoms with Crippen molar-refractivity contribution in [3.8, 4) is 0 Å². The van der Waals surface area contributed by atoms with Crippen molar-refractivity contribution in [3.63, 3.8) is 0 Å². The second kappa shape index (κ2) is 4.27. The lowest BCUT2D eigenvalue weighted by atomic mass is 10.3. The van der Waals surface area contributed by atoms with Gasteiger partial charge in [0, 0.05) is 26.2 Å². The van der Waals surface area contributed by atoms with Gasteiger partial charge in [0.15, 0.2) is 5.11 Å². The van der Waals surface area contributed by atoms with E-state index in [2.05, 4.69) is 10.6 Å². The topological polar surface area (TPSA) is 70.4 Å². The second-order valence-electron chi connectivity index (χ2n) is 3.00. The summed E-state index contributed by atoms with van der Waals surface area (Å²) in [6.07, 6.45) is 0.894. The van der Waals surface area contributed by atoms with Crippen LogP contribution in [0.3, 0.4) is 0 Å². The number of nitrogens with zero attached hydrogens (tertiary/aromatic N) is 1. The molecule has 0 aromatic rings. The molecule has 0 spiro atoms. The summed E-state index contributed by atoms with van der Waals surface area (Å²) in [4.78, 5) is 12.6. The van der Waals surface area contributed by atoms with E-state index in [1.165, 1.54) is 0 Å². The molecular weight excluding hydrogens is 188 g/mol. The molecule has 0 aliphatic carbocycles. The lowest BCUT2D eigenvalue weighted by Gasteiger charge is -2.18. The third-order valence-electron chi connectivity index (χ3n) is 2.04. The number of thiocarbonyl (C=S) groups is 1. The van der Waals surface area contributed by atoms with Crippen molar-refractivity contribution in [3.05, 3.63) is 0 Å². The lowest BCUT2D eigenvalue weighted by molar-refractivity contribution is 0.245. The Kier molecular flexibility index (Phi) is 3.30. The fraction of sp³-hybridized carbons (Fsp3) is 0.714. The number of likely N-dealkylation sites (tertiary alicyclic amines) is 1. The van der Waals surface area contributed by atoms with Crippen LogP contribution in [0.5, 0.6) is 0 Å². The van der Waals surface area contributed by atoms with E-state index in [1.807, 2.05) is 4.90 Å². The van der Waals surface area contributed by atoms with Crippen LogP contribution in [0.25, 0.3) is 0 Å². The van der Waals surface area contributed by atoms with Gasteiger partial charge in [-0.15, -0.1) is 0 Å². The Balaban J connectivity index is 2.36. The minimum absolute atomic E-state index is 0.129. The molecule has 1 unspecified atom stereocenters. The van der Waals surface area contributed by atoms with E-state index >= 15 is 0 Å². The van der Waals surface area contributed by atoms with Gasteiger partial charge in [-0.1, -0.05) is 0 Å². The molecule has 4 N–H and O–H groups in total. The Morgan fingerprint density at radius 2 is 2.38 bits per heavy atom. The van der Waals surface area contributed by atoms with Crippen molar-refractivity contribution in [1.82, 2.24) is 15.5 Å². The highest BCUT2D eigenvalue weighted by Crippen LogP contribution is 2.08. The van der Waals surface area contributed by atoms with Crippen molar-refractivity contribution < 1.29 is 4.79 Å². The van der Waals surface area contributed by atoms with E-state index in [1.54, 1.807) is 7.05 Å². The van der Waals surface area contributed by atoms with Gasteiger partial charge in [-0.3, -0.25) is 0 Å². The van der Waals surface area contributed by atoms with Gasteiger partial charge in [-0.2, -0.15) is 0 Å². The number of amides is 2. The van der Waals surface area contributed by atoms with E-state index in [0.29, 0.717) is 5.11 Å². The molecule has 5 nitrogen and oxygen atoms in total. The molecule has 0 radical (unpaired) electrons. The number of rotatable bonds is 1. The zero-order valence-electron chi connectivity index (χ0n) is 7.54. The molecule has 6 heteroatoms. The molecule has 74 valence electrons. The minimum Gasteiger partial charge on any atom is -0.366 e. The largest absolute Gasteiger partial charge is 0.366 e. The first-order valence-corrected chi connectivity index (χ1v) is 4.57. The quantitative estimate of drug-likeness (QED) is 0.489. The predicted octanol–water partition coefficient (Wildman–Crippen LogP) is -0.767. The Labute approximate surface area is 82.6 Å². The van der Waals surface area contributed by atoms with Gasteiger partial charge in [0.25, 0.3) is 0 Å². The first-order valence-electron chi connectivity index (χ1n) is 4.16. The molecule has 1 fully saturated rings. The fourth-order valence-electron chi connectivity index (χ4n) is 1.42. The van der Waals surface area contributed by atoms with Gasteiger partial charge in [-0.25, -0.2) is 4.79 Å². The Morgan fingerprint density at radius 3 is 2.92 bits per heavy atom. The standard InChI is InChI=1S/C7H14N4OS/c1-9-7(13)11-3-2-5(4-11)10-6(8)12/h5H,2-4H2,1H3,(H,9,13)(H3,8,10,12). The Morgan fingerprint density at radius 1 is 1.69 bits per heavy atom. The zero-order chi connectivity index (χ0) is 9.84. The van der Waals surface area contributed by atoms with Gasteiger partial charge in [-0.05, 0) is 18.6 Å². The normalized spacial score (nSPS) is 21.3. The molecule has 0 saturated carbocycles. The van der Waals surface area contributed by atoms with Crippen molar-refractivity contribution in [1.29, 1.82) is 0 Å². The van der Waals surface area contributed by atoms with Crippen LogP contribution in [0.15, 0.2) is 0 Å². The minimum atomic E-state index is -0.470. The SMILES string of the molecule is CNC(=S)N1CCC(NC(N)=O)C1. The summed E-state index contributed by atoms with van der Waals surface area (Å²) in [5.41, 5.74) is 5.01. The van der Waals surface area contributed by atoms with Gasteiger partial charge >= 0.3 is 6.03 Å². The van der Waals surface area contributed by atoms with Gasteiger partial charge < -0.3 is 21.3 Å². The van der Waals surface area contributed by atoms with Crippen LogP contribution in [-0.4, -0.2) is 42.2 Å². The average molecular weight is 202 g/mol. The van der Waals surface area contributed by atoms with Gasteiger partial charge in [0.05, 0.1) is 0 Å². The number of nitrogens with one attached hydrogen (secondary N) is 2. The zero-order valence-corrected chi connectivity index (χ0v) is 8.36. The lowest BCUT2D eigenvalue weighted by Crippen LogP contribution is -2.42. The van der Waals surface area contributed by atoms with Crippen LogP contribution >= 0.6 is 12.2 Å². The highest BCUT2D eigenvalue weighted by molar-refractivity contribution is 7.80. The maximum Gasteiger partial charge on any atom is 0.312 e. The molecule has 1 aliphatic rings. The summed E-state index contributed by atoms with van der Waals surface area (Å²) >= 11 is 5.05. The van der Waals surface area contributed by atoms with Crippen LogP contribution < -0.4 is 16.4 Å². The summed E-state index contributed by atoms with van der Waals surface area (Å²) in [6.45, 7) is 1.60. The van der Waals surface area contributed by atoms with Crippen molar-refractivity contribution in [2.75, 3.05) is 20.1 Å². The summed E-state index contributed by atoms with van der Waals surface area (Å²) < 4.78 is 0. The summed E-state index contributed by atoms with van der Waals surface area (Å²) in [5.74, 6) is 0. The Hall–Kier alpha value is -1.04. The number of carbonyl (C=O) groups is 1. The third kappa shape index (κ3) is 2.73. The van der Waals surface area contributed by atoms with Crippen molar-refractivity contribution >= 4 is 23.4 Å². The predicted molar refractivity (Wildman–Crippen MR) is 54.4 cm³/mol. The smallest absolute Gasteiger partial charge is 0.312 e. The monoisotopic (exact) mass is 202 g/mol. The first-order chi connectivity index (χ1) is 6.13. The molecule has 0 aromatic carbocycles. The number of primary amides is 1. The number of carbonyl (C=O) groups excluding carboxylic acids is 1. The molecule has 1 saturated heterocycles.